The van der Waals surface area contributed by atoms with E-state index >= 15 is 0 Å². The van der Waals surface area contributed by atoms with Crippen molar-refractivity contribution < 1.29 is 49.0 Å². The van der Waals surface area contributed by atoms with Gasteiger partial charge in [-0.2, -0.15) is 11.6 Å². The number of hydrogen-bond acceptors (Lipinski definition) is 0. The third-order valence-electron chi connectivity index (χ3n) is 13.5. The molecule has 0 heterocycles. The molecule has 1 unspecified atom stereocenters. The van der Waals surface area contributed by atoms with E-state index in [1.54, 1.807) is 12.0 Å². The van der Waals surface area contributed by atoms with E-state index in [2.05, 4.69) is 178 Å². The molecule has 10 rings (SSSR count). The first-order chi connectivity index (χ1) is 25.5. The molecule has 5 aliphatic rings. The third-order valence-corrected chi connectivity index (χ3v) is 14.9. The molecule has 56 heavy (non-hydrogen) atoms. The van der Waals surface area contributed by atoms with E-state index in [4.69, 9.17) is 0 Å². The maximum absolute atomic E-state index is 3.49. The summed E-state index contributed by atoms with van der Waals surface area (Å²) in [5.74, 6) is 4.68. The van der Waals surface area contributed by atoms with E-state index in [9.17, 15) is 0 Å². The average Bonchev–Trinajstić information content (AvgIpc) is 3.72. The van der Waals surface area contributed by atoms with Crippen LogP contribution in [-0.4, -0.2) is 3.21 Å². The van der Waals surface area contributed by atoms with Gasteiger partial charge in [0.15, 0.2) is 0 Å². The SMILES string of the molecule is CC1[C-]=CC(C2(C)C3CC4CC(C3)CC2C4)=C1.Cc1cc2[cH-]c3cc(C)c(C(C)(C)C)cc3c2cc1C(C)(C)C.[Cl-].[Cl-].[Zr+2]=[C](c1ccccc1)c1ccccc1. The maximum atomic E-state index is 3.49. The molecule has 1 atom stereocenters. The van der Waals surface area contributed by atoms with Gasteiger partial charge in [-0.3, -0.25) is 6.08 Å². The molecule has 4 bridgehead atoms. The second-order valence-electron chi connectivity index (χ2n) is 19.6. The van der Waals surface area contributed by atoms with Gasteiger partial charge in [0, 0.05) is 0 Å². The Bertz CT molecular complexity index is 2060. The first-order valence-electron chi connectivity index (χ1n) is 20.7. The fraction of sp³-hybridized carbons (Fsp3) is 0.434. The minimum atomic E-state index is 0. The van der Waals surface area contributed by atoms with E-state index < -0.39 is 0 Å². The van der Waals surface area contributed by atoms with Gasteiger partial charge in [0.25, 0.3) is 0 Å². The molecule has 0 spiro atoms. The van der Waals surface area contributed by atoms with Crippen molar-refractivity contribution in [1.82, 2.24) is 0 Å². The van der Waals surface area contributed by atoms with Gasteiger partial charge in [-0.1, -0.05) is 101 Å². The van der Waals surface area contributed by atoms with Crippen LogP contribution >= 0.6 is 0 Å². The first kappa shape index (κ1) is 44.7. The van der Waals surface area contributed by atoms with Crippen molar-refractivity contribution >= 4 is 24.8 Å². The predicted octanol–water partition coefficient (Wildman–Crippen LogP) is 8.12. The number of rotatable bonds is 3. The fourth-order valence-electron chi connectivity index (χ4n) is 10.9. The Labute approximate surface area is 366 Å². The third kappa shape index (κ3) is 9.07. The number of allylic oxidation sites excluding steroid dienone is 4. The second kappa shape index (κ2) is 17.4. The van der Waals surface area contributed by atoms with Crippen LogP contribution < -0.4 is 24.8 Å². The number of hydrogen-bond donors (Lipinski definition) is 0. The van der Waals surface area contributed by atoms with Crippen LogP contribution in [0.25, 0.3) is 21.5 Å². The Hall–Kier alpha value is -2.44. The summed E-state index contributed by atoms with van der Waals surface area (Å²) >= 11 is 1.46. The molecule has 0 saturated heterocycles. The van der Waals surface area contributed by atoms with Crippen molar-refractivity contribution in [2.45, 2.75) is 112 Å². The van der Waals surface area contributed by atoms with Crippen LogP contribution in [0.2, 0.25) is 0 Å². The summed E-state index contributed by atoms with van der Waals surface area (Å²) in [4.78, 5) is 0. The normalized spacial score (nSPS) is 24.7. The molecule has 5 aliphatic carbocycles. The Morgan fingerprint density at radius 3 is 1.43 bits per heavy atom. The van der Waals surface area contributed by atoms with Gasteiger partial charge in [0.2, 0.25) is 0 Å². The van der Waals surface area contributed by atoms with Crippen molar-refractivity contribution in [3.8, 4) is 0 Å². The van der Waals surface area contributed by atoms with Crippen molar-refractivity contribution in [1.29, 1.82) is 0 Å². The Morgan fingerprint density at radius 2 is 1.07 bits per heavy atom. The van der Waals surface area contributed by atoms with Crippen LogP contribution in [0.3, 0.4) is 0 Å². The van der Waals surface area contributed by atoms with Crippen LogP contribution in [0.5, 0.6) is 0 Å². The molecule has 3 heteroatoms. The molecule has 0 aromatic heterocycles. The summed E-state index contributed by atoms with van der Waals surface area (Å²) in [6, 6.07) is 33.0. The molecule has 0 radical (unpaired) electrons. The van der Waals surface area contributed by atoms with Gasteiger partial charge in [-0.05, 0) is 80.5 Å². The summed E-state index contributed by atoms with van der Waals surface area (Å²) < 4.78 is 1.42. The van der Waals surface area contributed by atoms with Gasteiger partial charge < -0.3 is 24.8 Å². The quantitative estimate of drug-likeness (QED) is 0.161. The van der Waals surface area contributed by atoms with Gasteiger partial charge >= 0.3 is 99.2 Å². The number of benzene rings is 4. The van der Waals surface area contributed by atoms with Crippen LogP contribution in [0.4, 0.5) is 0 Å². The van der Waals surface area contributed by atoms with Crippen molar-refractivity contribution in [3.63, 3.8) is 0 Å². The van der Waals surface area contributed by atoms with Gasteiger partial charge in [-0.15, -0.1) is 39.7 Å². The molecule has 0 amide bonds. The molecular weight excluding hydrogens is 799 g/mol. The molecule has 294 valence electrons. The van der Waals surface area contributed by atoms with Crippen molar-refractivity contribution in [2.24, 2.45) is 35.0 Å². The predicted molar refractivity (Wildman–Crippen MR) is 230 cm³/mol. The number of fused-ring (bicyclic) bond motifs is 3. The first-order valence-corrected chi connectivity index (χ1v) is 21.9. The molecule has 5 aromatic rings. The summed E-state index contributed by atoms with van der Waals surface area (Å²) in [6.45, 7) is 23.1. The average molecular weight is 861 g/mol. The monoisotopic (exact) mass is 858 g/mol. The van der Waals surface area contributed by atoms with E-state index in [1.807, 2.05) is 0 Å². The summed E-state index contributed by atoms with van der Waals surface area (Å²) in [7, 11) is 0. The molecular formula is C53H62Cl2Zr-2. The summed E-state index contributed by atoms with van der Waals surface area (Å²) in [5, 5.41) is 5.55. The van der Waals surface area contributed by atoms with Crippen LogP contribution in [0.1, 0.15) is 121 Å². The summed E-state index contributed by atoms with van der Waals surface area (Å²) in [6.07, 6.45) is 15.9. The topological polar surface area (TPSA) is 0 Å². The van der Waals surface area contributed by atoms with E-state index in [-0.39, 0.29) is 35.6 Å². The fourth-order valence-corrected chi connectivity index (χ4v) is 11.7. The van der Waals surface area contributed by atoms with Gasteiger partial charge in [0.1, 0.15) is 0 Å². The van der Waals surface area contributed by atoms with E-state index in [0.717, 1.165) is 23.7 Å². The summed E-state index contributed by atoms with van der Waals surface area (Å²) in [5.41, 5.74) is 10.9. The van der Waals surface area contributed by atoms with E-state index in [1.165, 1.54) is 108 Å². The Balaban J connectivity index is 0.000000163. The Morgan fingerprint density at radius 1 is 0.661 bits per heavy atom. The van der Waals surface area contributed by atoms with Crippen LogP contribution in [0, 0.1) is 54.9 Å². The van der Waals surface area contributed by atoms with Gasteiger partial charge in [0.05, 0.1) is 0 Å². The molecule has 4 saturated carbocycles. The zero-order valence-corrected chi connectivity index (χ0v) is 39.5. The second-order valence-corrected chi connectivity index (χ2v) is 20.8. The van der Waals surface area contributed by atoms with Crippen molar-refractivity contribution in [3.05, 3.63) is 148 Å². The molecule has 5 aromatic carbocycles. The minimum absolute atomic E-state index is 0. The molecule has 0 N–H and O–H groups in total. The van der Waals surface area contributed by atoms with E-state index in [0.29, 0.717) is 11.3 Å². The zero-order chi connectivity index (χ0) is 38.6. The van der Waals surface area contributed by atoms with Crippen LogP contribution in [0.15, 0.2) is 109 Å². The number of halogens is 2. The van der Waals surface area contributed by atoms with Gasteiger partial charge in [-0.25, -0.2) is 6.08 Å². The molecule has 4 fully saturated rings. The van der Waals surface area contributed by atoms with Crippen LogP contribution in [-0.2, 0) is 35.1 Å². The zero-order valence-electron chi connectivity index (χ0n) is 35.5. The standard InChI is InChI=1S/C23H29.C17H23.C13H10.2ClH.Zr/c1-14-9-16-11-17-10-15(2)21(23(6,7)8)13-19(17)18(16)12-20(14)22(3,4)5;1-11-3-4-14(5-11)17(2)15-7-12-6-13(9-15)10-16(17)8-12;1-3-7-12(8-4-1)11-13-9-5-2-6-10-13;;;/h9-13H,1-8H3;4-5,11-13,15-16H,6-10H2,1-2H3;1-10H;2*1H;/q2*-1;;;;+2/p-2. The molecule has 0 nitrogen and oxygen atoms in total. The Kier molecular flexibility index (Phi) is 13.9. The van der Waals surface area contributed by atoms with Crippen molar-refractivity contribution in [2.75, 3.05) is 0 Å². The molecule has 0 aliphatic heterocycles. The number of aryl methyl sites for hydroxylation is 2.